The van der Waals surface area contributed by atoms with Gasteiger partial charge in [0, 0.05) is 18.9 Å². The molecule has 2 bridgehead atoms. The van der Waals surface area contributed by atoms with Crippen LogP contribution in [0.25, 0.3) is 5.65 Å². The van der Waals surface area contributed by atoms with Gasteiger partial charge in [-0.3, -0.25) is 9.48 Å². The number of morpholine rings is 1. The monoisotopic (exact) mass is 443 g/mol. The molecule has 1 aliphatic carbocycles. The van der Waals surface area contributed by atoms with Gasteiger partial charge in [-0.25, -0.2) is 18.3 Å². The van der Waals surface area contributed by atoms with E-state index in [2.05, 4.69) is 32.3 Å². The predicted octanol–water partition coefficient (Wildman–Crippen LogP) is 3.06. The Kier molecular flexibility index (Phi) is 4.42. The van der Waals surface area contributed by atoms with Crippen LogP contribution in [0, 0.1) is 5.92 Å². The van der Waals surface area contributed by atoms with Crippen molar-refractivity contribution in [1.82, 2.24) is 24.4 Å². The number of nitrogens with zero attached hydrogens (tertiary/aromatic N) is 6. The molecule has 3 fully saturated rings. The lowest BCUT2D eigenvalue weighted by Gasteiger charge is -2.32. The van der Waals surface area contributed by atoms with Crippen molar-refractivity contribution in [1.29, 1.82) is 0 Å². The smallest absolute Gasteiger partial charge is 0.284 e. The molecule has 168 valence electrons. The second-order valence-electron chi connectivity index (χ2n) is 9.00. The van der Waals surface area contributed by atoms with Crippen molar-refractivity contribution in [2.24, 2.45) is 5.92 Å². The molecule has 1 amide bonds. The fraction of sp³-hybridized carbons (Fsp3) is 0.524. The van der Waals surface area contributed by atoms with E-state index < -0.39 is 18.0 Å². The molecule has 5 heterocycles. The van der Waals surface area contributed by atoms with Crippen LogP contribution in [-0.2, 0) is 4.74 Å². The van der Waals surface area contributed by atoms with Gasteiger partial charge in [0.15, 0.2) is 11.3 Å². The van der Waals surface area contributed by atoms with E-state index in [1.807, 2.05) is 6.07 Å². The van der Waals surface area contributed by atoms with Crippen molar-refractivity contribution in [2.75, 3.05) is 23.4 Å². The number of amides is 1. The average molecular weight is 443 g/mol. The third-order valence-electron chi connectivity index (χ3n) is 6.73. The molecule has 2 aliphatic heterocycles. The molecule has 3 aliphatic rings. The molecule has 9 nitrogen and oxygen atoms in total. The fourth-order valence-corrected chi connectivity index (χ4v) is 4.98. The van der Waals surface area contributed by atoms with Gasteiger partial charge in [0.25, 0.3) is 12.3 Å². The molecule has 0 unspecified atom stereocenters. The second kappa shape index (κ2) is 7.22. The molecule has 0 spiro atoms. The maximum atomic E-state index is 13.6. The van der Waals surface area contributed by atoms with Crippen molar-refractivity contribution >= 4 is 23.1 Å². The number of halogens is 2. The normalized spacial score (nSPS) is 26.8. The molecule has 0 radical (unpaired) electrons. The van der Waals surface area contributed by atoms with E-state index in [4.69, 9.17) is 4.74 Å². The van der Waals surface area contributed by atoms with Gasteiger partial charge >= 0.3 is 0 Å². The zero-order chi connectivity index (χ0) is 22.0. The molecular formula is C21H23F2N7O2. The van der Waals surface area contributed by atoms with E-state index in [1.165, 1.54) is 16.9 Å². The quantitative estimate of drug-likeness (QED) is 0.652. The number of hydrogen-bond acceptors (Lipinski definition) is 6. The Labute approximate surface area is 182 Å². The van der Waals surface area contributed by atoms with Crippen LogP contribution in [0.2, 0.25) is 0 Å². The van der Waals surface area contributed by atoms with E-state index >= 15 is 0 Å². The summed E-state index contributed by atoms with van der Waals surface area (Å²) in [4.78, 5) is 19.9. The highest BCUT2D eigenvalue weighted by atomic mass is 19.3. The van der Waals surface area contributed by atoms with E-state index in [1.54, 1.807) is 10.9 Å². The van der Waals surface area contributed by atoms with Crippen LogP contribution in [-0.4, -0.2) is 55.6 Å². The Morgan fingerprint density at radius 1 is 1.28 bits per heavy atom. The molecule has 3 aromatic heterocycles. The lowest BCUT2D eigenvalue weighted by molar-refractivity contribution is 0.0988. The van der Waals surface area contributed by atoms with Crippen LogP contribution in [0.15, 0.2) is 24.7 Å². The molecule has 11 heteroatoms. The largest absolute Gasteiger partial charge is 0.374 e. The standard InChI is InChI=1S/C21H23F2N7O2/c1-11-4-12(5-11)30-9-16(18(27-30)19(22)23)25-21(31)15-7-24-29-3-2-17(26-20(15)29)28-8-14-6-13(28)10-32-14/h2-3,7,9,11-14,19H,4-6,8,10H2,1H3,(H,25,31)/t11?,12?,13-,14-/m1/s1. The van der Waals surface area contributed by atoms with E-state index in [-0.39, 0.29) is 29.4 Å². The van der Waals surface area contributed by atoms with Gasteiger partial charge < -0.3 is 15.0 Å². The molecule has 2 atom stereocenters. The summed E-state index contributed by atoms with van der Waals surface area (Å²) >= 11 is 0. The molecule has 3 aromatic rings. The van der Waals surface area contributed by atoms with Crippen molar-refractivity contribution in [3.05, 3.63) is 35.9 Å². The summed E-state index contributed by atoms with van der Waals surface area (Å²) in [7, 11) is 0. The first-order chi connectivity index (χ1) is 15.5. The molecule has 2 saturated heterocycles. The topological polar surface area (TPSA) is 89.6 Å². The van der Waals surface area contributed by atoms with Crippen LogP contribution >= 0.6 is 0 Å². The minimum absolute atomic E-state index is 0.0223. The van der Waals surface area contributed by atoms with Crippen LogP contribution in [0.5, 0.6) is 0 Å². The van der Waals surface area contributed by atoms with Crippen molar-refractivity contribution in [3.8, 4) is 0 Å². The van der Waals surface area contributed by atoms with Crippen molar-refractivity contribution in [2.45, 2.75) is 50.8 Å². The number of alkyl halides is 2. The fourth-order valence-electron chi connectivity index (χ4n) is 4.98. The molecule has 32 heavy (non-hydrogen) atoms. The SMILES string of the molecule is CC1CC(n2cc(NC(=O)c3cnn4ccc(N5C[C@H]6C[C@@H]5CO6)nc34)c(C(F)F)n2)C1. The number of anilines is 2. The number of nitrogens with one attached hydrogen (secondary N) is 1. The maximum Gasteiger partial charge on any atom is 0.284 e. The van der Waals surface area contributed by atoms with E-state index in [0.29, 0.717) is 18.2 Å². The zero-order valence-electron chi connectivity index (χ0n) is 17.5. The second-order valence-corrected chi connectivity index (χ2v) is 9.00. The van der Waals surface area contributed by atoms with Gasteiger partial charge in [-0.15, -0.1) is 0 Å². The summed E-state index contributed by atoms with van der Waals surface area (Å²) in [5.41, 5.74) is 0.199. The number of carbonyl (C=O) groups is 1. The molecule has 6 rings (SSSR count). The van der Waals surface area contributed by atoms with Gasteiger partial charge in [0.05, 0.1) is 36.7 Å². The third kappa shape index (κ3) is 3.14. The minimum atomic E-state index is -2.79. The molecule has 1 N–H and O–H groups in total. The maximum absolute atomic E-state index is 13.6. The summed E-state index contributed by atoms with van der Waals surface area (Å²) in [6.07, 6.45) is 4.84. The van der Waals surface area contributed by atoms with Crippen molar-refractivity contribution < 1.29 is 18.3 Å². The lowest BCUT2D eigenvalue weighted by Crippen LogP contribution is -2.37. The summed E-state index contributed by atoms with van der Waals surface area (Å²) in [5, 5.41) is 10.9. The zero-order valence-corrected chi connectivity index (χ0v) is 17.5. The Morgan fingerprint density at radius 2 is 2.12 bits per heavy atom. The summed E-state index contributed by atoms with van der Waals surface area (Å²) in [6, 6.07) is 2.24. The first-order valence-electron chi connectivity index (χ1n) is 10.9. The molecular weight excluding hydrogens is 420 g/mol. The van der Waals surface area contributed by atoms with Gasteiger partial charge in [-0.05, 0) is 31.2 Å². The summed E-state index contributed by atoms with van der Waals surface area (Å²) in [6.45, 7) is 3.55. The number of aromatic nitrogens is 5. The van der Waals surface area contributed by atoms with E-state index in [9.17, 15) is 13.6 Å². The number of rotatable bonds is 5. The summed E-state index contributed by atoms with van der Waals surface area (Å²) in [5.74, 6) is 0.760. The summed E-state index contributed by atoms with van der Waals surface area (Å²) < 4.78 is 35.9. The Bertz CT molecular complexity index is 1190. The minimum Gasteiger partial charge on any atom is -0.374 e. The highest BCUT2D eigenvalue weighted by Gasteiger charge is 2.39. The van der Waals surface area contributed by atoms with Gasteiger partial charge in [-0.2, -0.15) is 10.2 Å². The van der Waals surface area contributed by atoms with Crippen LogP contribution in [0.1, 0.15) is 54.7 Å². The third-order valence-corrected chi connectivity index (χ3v) is 6.73. The van der Waals surface area contributed by atoms with Crippen LogP contribution in [0.4, 0.5) is 20.3 Å². The number of hydrogen-bond donors (Lipinski definition) is 1. The van der Waals surface area contributed by atoms with Gasteiger partial charge in [-0.1, -0.05) is 6.92 Å². The highest BCUT2D eigenvalue weighted by Crippen LogP contribution is 2.39. The molecule has 0 aromatic carbocycles. The molecule has 1 saturated carbocycles. The van der Waals surface area contributed by atoms with Crippen LogP contribution < -0.4 is 10.2 Å². The van der Waals surface area contributed by atoms with Gasteiger partial charge in [0.2, 0.25) is 0 Å². The Morgan fingerprint density at radius 3 is 2.81 bits per heavy atom. The average Bonchev–Trinajstić information content (AvgIpc) is 3.53. The van der Waals surface area contributed by atoms with E-state index in [0.717, 1.165) is 31.6 Å². The Balaban J connectivity index is 1.28. The van der Waals surface area contributed by atoms with Gasteiger partial charge in [0.1, 0.15) is 11.4 Å². The van der Waals surface area contributed by atoms with Crippen molar-refractivity contribution in [3.63, 3.8) is 0 Å². The number of fused-ring (bicyclic) bond motifs is 3. The first kappa shape index (κ1) is 19.6. The van der Waals surface area contributed by atoms with Crippen LogP contribution in [0.3, 0.4) is 0 Å². The highest BCUT2D eigenvalue weighted by molar-refractivity contribution is 6.08. The number of carbonyl (C=O) groups excluding carboxylic acids is 1. The Hall–Kier alpha value is -3.08. The number of ether oxygens (including phenoxy) is 1. The first-order valence-corrected chi connectivity index (χ1v) is 10.9. The lowest BCUT2D eigenvalue weighted by atomic mass is 9.82. The predicted molar refractivity (Wildman–Crippen MR) is 111 cm³/mol.